The Labute approximate surface area is 75.3 Å². The predicted octanol–water partition coefficient (Wildman–Crippen LogP) is 3.69. The van der Waals surface area contributed by atoms with Crippen molar-refractivity contribution in [2.75, 3.05) is 5.88 Å². The molecule has 0 aliphatic heterocycles. The van der Waals surface area contributed by atoms with E-state index < -0.39 is 0 Å². The third kappa shape index (κ3) is 2.11. The van der Waals surface area contributed by atoms with Crippen LogP contribution in [-0.4, -0.2) is 5.88 Å². The molecule has 1 saturated carbocycles. The number of hydrogen-bond acceptors (Lipinski definition) is 0. The van der Waals surface area contributed by atoms with Gasteiger partial charge in [0.15, 0.2) is 0 Å². The largest absolute Gasteiger partial charge is 0.126 e. The highest BCUT2D eigenvalue weighted by atomic mass is 35.5. The number of alkyl halides is 1. The van der Waals surface area contributed by atoms with Crippen molar-refractivity contribution in [3.63, 3.8) is 0 Å². The van der Waals surface area contributed by atoms with Gasteiger partial charge in [0.05, 0.1) is 0 Å². The summed E-state index contributed by atoms with van der Waals surface area (Å²) in [6, 6.07) is 0. The number of hydrogen-bond donors (Lipinski definition) is 0. The minimum Gasteiger partial charge on any atom is -0.126 e. The smallest absolute Gasteiger partial charge is 0.0254 e. The van der Waals surface area contributed by atoms with Gasteiger partial charge in [0.2, 0.25) is 0 Å². The summed E-state index contributed by atoms with van der Waals surface area (Å²) in [6.07, 6.45) is 4.13. The molecule has 0 aromatic carbocycles. The predicted molar refractivity (Wildman–Crippen MR) is 51.0 cm³/mol. The van der Waals surface area contributed by atoms with E-state index in [1.54, 1.807) is 0 Å². The molecule has 11 heavy (non-hydrogen) atoms. The van der Waals surface area contributed by atoms with Gasteiger partial charge in [-0.15, -0.1) is 11.6 Å². The zero-order valence-electron chi connectivity index (χ0n) is 7.86. The Morgan fingerprint density at radius 2 is 1.91 bits per heavy atom. The summed E-state index contributed by atoms with van der Waals surface area (Å²) in [4.78, 5) is 0. The highest BCUT2D eigenvalue weighted by molar-refractivity contribution is 6.18. The molecule has 2 unspecified atom stereocenters. The van der Waals surface area contributed by atoms with Crippen molar-refractivity contribution < 1.29 is 0 Å². The van der Waals surface area contributed by atoms with Crippen LogP contribution in [0.1, 0.15) is 40.0 Å². The second kappa shape index (κ2) is 3.35. The SMILES string of the molecule is CC(C)(C)C1CCCC1CCl. The van der Waals surface area contributed by atoms with Gasteiger partial charge in [0.25, 0.3) is 0 Å². The first kappa shape index (κ1) is 9.38. The van der Waals surface area contributed by atoms with Gasteiger partial charge < -0.3 is 0 Å². The fourth-order valence-electron chi connectivity index (χ4n) is 2.36. The van der Waals surface area contributed by atoms with E-state index in [4.69, 9.17) is 11.6 Å². The molecule has 0 aromatic heterocycles. The van der Waals surface area contributed by atoms with E-state index in [2.05, 4.69) is 20.8 Å². The van der Waals surface area contributed by atoms with Gasteiger partial charge in [-0.05, 0) is 30.1 Å². The normalized spacial score (nSPS) is 32.7. The van der Waals surface area contributed by atoms with Gasteiger partial charge >= 0.3 is 0 Å². The van der Waals surface area contributed by atoms with Gasteiger partial charge in [-0.2, -0.15) is 0 Å². The van der Waals surface area contributed by atoms with E-state index in [1.807, 2.05) is 0 Å². The quantitative estimate of drug-likeness (QED) is 0.532. The van der Waals surface area contributed by atoms with Gasteiger partial charge in [-0.1, -0.05) is 27.2 Å². The highest BCUT2D eigenvalue weighted by Crippen LogP contribution is 2.43. The molecular weight excluding hydrogens is 156 g/mol. The molecule has 0 aromatic rings. The first-order valence-electron chi connectivity index (χ1n) is 4.61. The monoisotopic (exact) mass is 174 g/mol. The van der Waals surface area contributed by atoms with E-state index in [-0.39, 0.29) is 0 Å². The van der Waals surface area contributed by atoms with Crippen LogP contribution >= 0.6 is 11.6 Å². The van der Waals surface area contributed by atoms with Crippen molar-refractivity contribution in [2.45, 2.75) is 40.0 Å². The van der Waals surface area contributed by atoms with Gasteiger partial charge in [-0.25, -0.2) is 0 Å². The molecule has 0 heterocycles. The molecule has 0 amide bonds. The molecule has 1 rings (SSSR count). The van der Waals surface area contributed by atoms with Crippen molar-refractivity contribution >= 4 is 11.6 Å². The van der Waals surface area contributed by atoms with Crippen LogP contribution in [0.15, 0.2) is 0 Å². The van der Waals surface area contributed by atoms with Crippen molar-refractivity contribution in [1.82, 2.24) is 0 Å². The first-order chi connectivity index (χ1) is 5.05. The summed E-state index contributed by atoms with van der Waals surface area (Å²) in [6.45, 7) is 7.01. The summed E-state index contributed by atoms with van der Waals surface area (Å²) in [5.41, 5.74) is 0.468. The van der Waals surface area contributed by atoms with E-state index in [1.165, 1.54) is 19.3 Å². The van der Waals surface area contributed by atoms with E-state index in [0.717, 1.165) is 17.7 Å². The topological polar surface area (TPSA) is 0 Å². The molecule has 0 saturated heterocycles. The van der Waals surface area contributed by atoms with Crippen LogP contribution in [0, 0.1) is 17.3 Å². The minimum absolute atomic E-state index is 0.468. The summed E-state index contributed by atoms with van der Waals surface area (Å²) >= 11 is 5.91. The summed E-state index contributed by atoms with van der Waals surface area (Å²) in [7, 11) is 0. The van der Waals surface area contributed by atoms with Crippen LogP contribution in [0.4, 0.5) is 0 Å². The van der Waals surface area contributed by atoms with Crippen LogP contribution in [-0.2, 0) is 0 Å². The Bertz CT molecular complexity index is 123. The third-order valence-corrected chi connectivity index (χ3v) is 3.37. The van der Waals surface area contributed by atoms with Gasteiger partial charge in [-0.3, -0.25) is 0 Å². The number of rotatable bonds is 1. The van der Waals surface area contributed by atoms with Gasteiger partial charge in [0.1, 0.15) is 0 Å². The fourth-order valence-corrected chi connectivity index (χ4v) is 2.73. The summed E-state index contributed by atoms with van der Waals surface area (Å²) in [5, 5.41) is 0. The molecule has 2 atom stereocenters. The van der Waals surface area contributed by atoms with Crippen molar-refractivity contribution in [3.05, 3.63) is 0 Å². The Kier molecular flexibility index (Phi) is 2.85. The lowest BCUT2D eigenvalue weighted by molar-refractivity contribution is 0.198. The molecule has 0 radical (unpaired) electrons. The average Bonchev–Trinajstić information content (AvgIpc) is 2.31. The lowest BCUT2D eigenvalue weighted by atomic mass is 9.75. The average molecular weight is 175 g/mol. The van der Waals surface area contributed by atoms with Gasteiger partial charge in [0, 0.05) is 5.88 Å². The molecule has 0 spiro atoms. The Balaban J connectivity index is 2.57. The molecule has 0 bridgehead atoms. The molecule has 66 valence electrons. The second-order valence-corrected chi connectivity index (χ2v) is 5.13. The van der Waals surface area contributed by atoms with E-state index in [9.17, 15) is 0 Å². The number of halogens is 1. The van der Waals surface area contributed by atoms with Crippen LogP contribution in [0.3, 0.4) is 0 Å². The maximum Gasteiger partial charge on any atom is 0.0254 e. The Hall–Kier alpha value is 0.290. The minimum atomic E-state index is 0.468. The highest BCUT2D eigenvalue weighted by Gasteiger charge is 2.34. The molecule has 0 nitrogen and oxygen atoms in total. The molecule has 1 aliphatic rings. The fraction of sp³-hybridized carbons (Fsp3) is 1.00. The van der Waals surface area contributed by atoms with Crippen LogP contribution in [0.5, 0.6) is 0 Å². The zero-order chi connectivity index (χ0) is 8.48. The standard InChI is InChI=1S/C10H19Cl/c1-10(2,3)9-6-4-5-8(9)7-11/h8-9H,4-7H2,1-3H3. The van der Waals surface area contributed by atoms with E-state index in [0.29, 0.717) is 5.41 Å². The van der Waals surface area contributed by atoms with Crippen LogP contribution in [0.2, 0.25) is 0 Å². The lowest BCUT2D eigenvalue weighted by Crippen LogP contribution is -2.24. The maximum absolute atomic E-state index is 5.91. The Morgan fingerprint density at radius 3 is 2.27 bits per heavy atom. The van der Waals surface area contributed by atoms with E-state index >= 15 is 0 Å². The maximum atomic E-state index is 5.91. The summed E-state index contributed by atoms with van der Waals surface area (Å²) in [5.74, 6) is 2.51. The van der Waals surface area contributed by atoms with Crippen molar-refractivity contribution in [2.24, 2.45) is 17.3 Å². The Morgan fingerprint density at radius 1 is 1.27 bits per heavy atom. The zero-order valence-corrected chi connectivity index (χ0v) is 8.62. The second-order valence-electron chi connectivity index (χ2n) is 4.82. The van der Waals surface area contributed by atoms with Crippen LogP contribution < -0.4 is 0 Å². The van der Waals surface area contributed by atoms with Crippen LogP contribution in [0.25, 0.3) is 0 Å². The first-order valence-corrected chi connectivity index (χ1v) is 5.15. The molecule has 1 heteroatoms. The molecular formula is C10H19Cl. The molecule has 1 fully saturated rings. The summed E-state index contributed by atoms with van der Waals surface area (Å²) < 4.78 is 0. The lowest BCUT2D eigenvalue weighted by Gasteiger charge is -2.31. The molecule has 1 aliphatic carbocycles. The van der Waals surface area contributed by atoms with Crippen molar-refractivity contribution in [1.29, 1.82) is 0 Å². The third-order valence-electron chi connectivity index (χ3n) is 2.97. The van der Waals surface area contributed by atoms with Crippen molar-refractivity contribution in [3.8, 4) is 0 Å². The molecule has 0 N–H and O–H groups in total.